The number of carbonyl (C=O) groups excluding carboxylic acids is 1. The number of amides is 2. The minimum absolute atomic E-state index is 0.0867. The molecule has 21 heavy (non-hydrogen) atoms. The van der Waals surface area contributed by atoms with Crippen LogP contribution in [0, 0.1) is 11.3 Å². The molecule has 0 aliphatic heterocycles. The summed E-state index contributed by atoms with van der Waals surface area (Å²) in [6.45, 7) is 11.4. The van der Waals surface area contributed by atoms with Crippen LogP contribution in [0.25, 0.3) is 0 Å². The van der Waals surface area contributed by atoms with Crippen molar-refractivity contribution in [1.29, 1.82) is 0 Å². The van der Waals surface area contributed by atoms with Crippen LogP contribution in [0.3, 0.4) is 0 Å². The number of hydrogen-bond acceptors (Lipinski definition) is 2. The van der Waals surface area contributed by atoms with Gasteiger partial charge in [0.05, 0.1) is 0 Å². The van der Waals surface area contributed by atoms with Gasteiger partial charge in [-0.25, -0.2) is 4.79 Å². The van der Waals surface area contributed by atoms with Crippen LogP contribution in [-0.4, -0.2) is 19.6 Å². The fraction of sp³-hybridized carbons (Fsp3) is 0.588. The molecule has 1 aromatic carbocycles. The molecule has 1 aromatic rings. The van der Waals surface area contributed by atoms with Crippen LogP contribution in [0.2, 0.25) is 0 Å². The number of anilines is 1. The number of urea groups is 1. The molecule has 0 aromatic heterocycles. The van der Waals surface area contributed by atoms with Gasteiger partial charge in [0, 0.05) is 18.3 Å². The van der Waals surface area contributed by atoms with E-state index < -0.39 is 0 Å². The predicted molar refractivity (Wildman–Crippen MR) is 89.6 cm³/mol. The second-order valence-electron chi connectivity index (χ2n) is 6.58. The van der Waals surface area contributed by atoms with Crippen LogP contribution in [0.4, 0.5) is 10.5 Å². The van der Waals surface area contributed by atoms with Crippen molar-refractivity contribution in [3.8, 4) is 0 Å². The van der Waals surface area contributed by atoms with Crippen molar-refractivity contribution in [2.24, 2.45) is 11.3 Å². The van der Waals surface area contributed by atoms with E-state index in [2.05, 4.69) is 50.6 Å². The van der Waals surface area contributed by atoms with Crippen molar-refractivity contribution in [2.75, 3.05) is 18.9 Å². The van der Waals surface area contributed by atoms with E-state index in [-0.39, 0.29) is 11.4 Å². The average Bonchev–Trinajstić information content (AvgIpc) is 2.45. The Labute approximate surface area is 128 Å². The molecule has 0 radical (unpaired) electrons. The molecule has 0 saturated carbocycles. The molecule has 4 heteroatoms. The van der Waals surface area contributed by atoms with Gasteiger partial charge in [-0.15, -0.1) is 0 Å². The number of benzene rings is 1. The fourth-order valence-corrected chi connectivity index (χ4v) is 1.71. The third kappa shape index (κ3) is 5.38. The van der Waals surface area contributed by atoms with Gasteiger partial charge < -0.3 is 16.0 Å². The molecule has 118 valence electrons. The van der Waals surface area contributed by atoms with Crippen LogP contribution in [0.5, 0.6) is 0 Å². The Morgan fingerprint density at radius 1 is 1.14 bits per heavy atom. The molecule has 1 rings (SSSR count). The molecule has 0 aliphatic carbocycles. The van der Waals surface area contributed by atoms with Gasteiger partial charge in [0.15, 0.2) is 0 Å². The summed E-state index contributed by atoms with van der Waals surface area (Å²) in [6, 6.07) is 8.05. The third-order valence-electron chi connectivity index (χ3n) is 4.37. The normalized spacial score (nSPS) is 13.1. The van der Waals surface area contributed by atoms with Crippen LogP contribution >= 0.6 is 0 Å². The van der Waals surface area contributed by atoms with Gasteiger partial charge in [0.25, 0.3) is 0 Å². The lowest BCUT2D eigenvalue weighted by Crippen LogP contribution is -2.39. The van der Waals surface area contributed by atoms with E-state index in [4.69, 9.17) is 0 Å². The maximum Gasteiger partial charge on any atom is 0.319 e. The van der Waals surface area contributed by atoms with E-state index in [1.807, 2.05) is 31.3 Å². The molecule has 0 heterocycles. The standard InChI is InChI=1S/C17H29N3O/c1-12(2)17(4,5)11-19-16(21)20-15-9-7-14(8-10-15)13(3)18-6/h7-10,12-13,18H,11H2,1-6H3,(H2,19,20,21). The lowest BCUT2D eigenvalue weighted by molar-refractivity contribution is 0.223. The minimum Gasteiger partial charge on any atom is -0.337 e. The molecule has 0 bridgehead atoms. The molecular weight excluding hydrogens is 262 g/mol. The van der Waals surface area contributed by atoms with Gasteiger partial charge in [-0.3, -0.25) is 0 Å². The highest BCUT2D eigenvalue weighted by Crippen LogP contribution is 2.24. The predicted octanol–water partition coefficient (Wildman–Crippen LogP) is 3.77. The second-order valence-corrected chi connectivity index (χ2v) is 6.58. The molecule has 3 N–H and O–H groups in total. The maximum absolute atomic E-state index is 11.9. The SMILES string of the molecule is CNC(C)c1ccc(NC(=O)NCC(C)(C)C(C)C)cc1. The van der Waals surface area contributed by atoms with E-state index in [0.29, 0.717) is 18.5 Å². The van der Waals surface area contributed by atoms with Gasteiger partial charge in [0.2, 0.25) is 0 Å². The molecule has 0 fully saturated rings. The van der Waals surface area contributed by atoms with E-state index in [0.717, 1.165) is 5.69 Å². The molecular formula is C17H29N3O. The van der Waals surface area contributed by atoms with Crippen LogP contribution in [-0.2, 0) is 0 Å². The van der Waals surface area contributed by atoms with Crippen molar-refractivity contribution in [1.82, 2.24) is 10.6 Å². The molecule has 1 atom stereocenters. The summed E-state index contributed by atoms with van der Waals surface area (Å²) in [5, 5.41) is 9.00. The van der Waals surface area contributed by atoms with E-state index in [1.165, 1.54) is 5.56 Å². The van der Waals surface area contributed by atoms with Gasteiger partial charge >= 0.3 is 6.03 Å². The van der Waals surface area contributed by atoms with Gasteiger partial charge in [-0.1, -0.05) is 39.8 Å². The lowest BCUT2D eigenvalue weighted by Gasteiger charge is -2.29. The Hall–Kier alpha value is -1.55. The average molecular weight is 291 g/mol. The Kier molecular flexibility index (Phi) is 6.21. The number of hydrogen-bond donors (Lipinski definition) is 3. The Morgan fingerprint density at radius 2 is 1.71 bits per heavy atom. The molecule has 4 nitrogen and oxygen atoms in total. The van der Waals surface area contributed by atoms with Gasteiger partial charge in [0.1, 0.15) is 0 Å². The highest BCUT2D eigenvalue weighted by Gasteiger charge is 2.22. The van der Waals surface area contributed by atoms with Crippen LogP contribution < -0.4 is 16.0 Å². The smallest absolute Gasteiger partial charge is 0.319 e. The zero-order valence-electron chi connectivity index (χ0n) is 14.1. The summed E-state index contributed by atoms with van der Waals surface area (Å²) in [6.07, 6.45) is 0. The lowest BCUT2D eigenvalue weighted by atomic mass is 9.81. The summed E-state index contributed by atoms with van der Waals surface area (Å²) in [7, 11) is 1.93. The highest BCUT2D eigenvalue weighted by atomic mass is 16.2. The zero-order valence-corrected chi connectivity index (χ0v) is 14.1. The molecule has 0 saturated heterocycles. The molecule has 0 aliphatic rings. The summed E-state index contributed by atoms with van der Waals surface area (Å²) in [4.78, 5) is 11.9. The van der Waals surface area contributed by atoms with Crippen LogP contribution in [0.15, 0.2) is 24.3 Å². The van der Waals surface area contributed by atoms with Crippen molar-refractivity contribution >= 4 is 11.7 Å². The third-order valence-corrected chi connectivity index (χ3v) is 4.37. The van der Waals surface area contributed by atoms with Crippen molar-refractivity contribution in [3.05, 3.63) is 29.8 Å². The van der Waals surface area contributed by atoms with Crippen molar-refractivity contribution in [2.45, 2.75) is 40.7 Å². The number of carbonyl (C=O) groups is 1. The monoisotopic (exact) mass is 291 g/mol. The highest BCUT2D eigenvalue weighted by molar-refractivity contribution is 5.89. The Bertz CT molecular complexity index is 452. The van der Waals surface area contributed by atoms with Crippen LogP contribution in [0.1, 0.15) is 46.2 Å². The minimum atomic E-state index is -0.155. The maximum atomic E-state index is 11.9. The molecule has 2 amide bonds. The summed E-state index contributed by atoms with van der Waals surface area (Å²) in [5.41, 5.74) is 2.09. The summed E-state index contributed by atoms with van der Waals surface area (Å²) >= 11 is 0. The molecule has 1 unspecified atom stereocenters. The first kappa shape index (κ1) is 17.5. The largest absolute Gasteiger partial charge is 0.337 e. The first-order valence-corrected chi connectivity index (χ1v) is 7.58. The van der Waals surface area contributed by atoms with Gasteiger partial charge in [-0.05, 0) is 43.0 Å². The van der Waals surface area contributed by atoms with E-state index in [1.54, 1.807) is 0 Å². The molecule has 0 spiro atoms. The Balaban J connectivity index is 2.52. The topological polar surface area (TPSA) is 53.2 Å². The van der Waals surface area contributed by atoms with Gasteiger partial charge in [-0.2, -0.15) is 0 Å². The zero-order chi connectivity index (χ0) is 16.0. The summed E-state index contributed by atoms with van der Waals surface area (Å²) in [5.74, 6) is 0.514. The number of rotatable bonds is 6. The first-order valence-electron chi connectivity index (χ1n) is 7.58. The summed E-state index contributed by atoms with van der Waals surface area (Å²) < 4.78 is 0. The van der Waals surface area contributed by atoms with E-state index in [9.17, 15) is 4.79 Å². The first-order chi connectivity index (χ1) is 9.76. The fourth-order valence-electron chi connectivity index (χ4n) is 1.71. The van der Waals surface area contributed by atoms with Crippen molar-refractivity contribution < 1.29 is 4.79 Å². The van der Waals surface area contributed by atoms with E-state index >= 15 is 0 Å². The second kappa shape index (κ2) is 7.46. The number of nitrogens with one attached hydrogen (secondary N) is 3. The Morgan fingerprint density at radius 3 is 2.19 bits per heavy atom. The quantitative estimate of drug-likeness (QED) is 0.747. The van der Waals surface area contributed by atoms with Crippen molar-refractivity contribution in [3.63, 3.8) is 0 Å².